The smallest absolute Gasteiger partial charge is 0.230 e. The summed E-state index contributed by atoms with van der Waals surface area (Å²) < 4.78 is 37.8. The molecule has 1 saturated heterocycles. The van der Waals surface area contributed by atoms with Gasteiger partial charge < -0.3 is 9.88 Å². The number of rotatable bonds is 6. The summed E-state index contributed by atoms with van der Waals surface area (Å²) in [5.74, 6) is 0.451. The average Bonchev–Trinajstić information content (AvgIpc) is 3.14. The van der Waals surface area contributed by atoms with Crippen molar-refractivity contribution in [2.45, 2.75) is 24.0 Å². The van der Waals surface area contributed by atoms with Crippen LogP contribution >= 0.6 is 11.8 Å². The molecule has 1 N–H and O–H groups in total. The Hall–Kier alpha value is -1.94. The number of sulfone groups is 1. The van der Waals surface area contributed by atoms with Gasteiger partial charge in [0.1, 0.15) is 11.6 Å². The minimum absolute atomic E-state index is 0.0990. The molecule has 1 amide bonds. The van der Waals surface area contributed by atoms with Crippen LogP contribution in [0.15, 0.2) is 29.4 Å². The first kappa shape index (κ1) is 18.8. The Bertz CT molecular complexity index is 897. The second-order valence-electron chi connectivity index (χ2n) is 6.19. The molecule has 140 valence electrons. The number of nitrogens with one attached hydrogen (secondary N) is 1. The molecule has 2 aromatic rings. The number of nitrogens with zero attached hydrogens (tertiary/aromatic N) is 3. The van der Waals surface area contributed by atoms with Gasteiger partial charge in [-0.1, -0.05) is 23.9 Å². The molecule has 1 atom stereocenters. The van der Waals surface area contributed by atoms with Crippen molar-refractivity contribution in [1.82, 2.24) is 20.1 Å². The lowest BCUT2D eigenvalue weighted by Gasteiger charge is -2.08. The Morgan fingerprint density at radius 2 is 2.08 bits per heavy atom. The minimum Gasteiger partial charge on any atom is -0.351 e. The second kappa shape index (κ2) is 7.75. The van der Waals surface area contributed by atoms with Gasteiger partial charge in [0, 0.05) is 19.5 Å². The lowest BCUT2D eigenvalue weighted by atomic mass is 10.1. The maximum absolute atomic E-state index is 12.8. The van der Waals surface area contributed by atoms with E-state index in [0.717, 1.165) is 5.56 Å². The molecule has 26 heavy (non-hydrogen) atoms. The van der Waals surface area contributed by atoms with E-state index in [2.05, 4.69) is 15.5 Å². The zero-order valence-electron chi connectivity index (χ0n) is 14.2. The molecule has 7 nitrogen and oxygen atoms in total. The number of carbonyl (C=O) groups is 1. The van der Waals surface area contributed by atoms with Crippen molar-refractivity contribution in [2.24, 2.45) is 7.05 Å². The predicted molar refractivity (Wildman–Crippen MR) is 96.0 cm³/mol. The largest absolute Gasteiger partial charge is 0.351 e. The van der Waals surface area contributed by atoms with E-state index in [1.54, 1.807) is 23.7 Å². The molecule has 2 heterocycles. The van der Waals surface area contributed by atoms with Gasteiger partial charge in [0.15, 0.2) is 15.0 Å². The fourth-order valence-corrected chi connectivity index (χ4v) is 5.28. The van der Waals surface area contributed by atoms with E-state index in [1.165, 1.54) is 23.9 Å². The zero-order chi connectivity index (χ0) is 18.7. The van der Waals surface area contributed by atoms with Crippen molar-refractivity contribution >= 4 is 27.5 Å². The van der Waals surface area contributed by atoms with Gasteiger partial charge in [0.2, 0.25) is 5.91 Å². The van der Waals surface area contributed by atoms with Crippen LogP contribution in [0.25, 0.3) is 0 Å². The van der Waals surface area contributed by atoms with E-state index in [9.17, 15) is 17.6 Å². The number of aromatic nitrogens is 3. The first-order valence-corrected chi connectivity index (χ1v) is 10.9. The molecule has 1 aliphatic rings. The van der Waals surface area contributed by atoms with Gasteiger partial charge in [-0.2, -0.15) is 0 Å². The van der Waals surface area contributed by atoms with E-state index in [4.69, 9.17) is 0 Å². The highest BCUT2D eigenvalue weighted by molar-refractivity contribution is 7.99. The summed E-state index contributed by atoms with van der Waals surface area (Å²) in [4.78, 5) is 12.0. The van der Waals surface area contributed by atoms with Gasteiger partial charge in [0.05, 0.1) is 17.3 Å². The van der Waals surface area contributed by atoms with E-state index in [-0.39, 0.29) is 34.9 Å². The maximum atomic E-state index is 12.8. The molecular formula is C16H19FN4O3S2. The van der Waals surface area contributed by atoms with Crippen molar-refractivity contribution in [1.29, 1.82) is 0 Å². The van der Waals surface area contributed by atoms with Crippen LogP contribution in [0.3, 0.4) is 0 Å². The number of thioether (sulfide) groups is 1. The second-order valence-corrected chi connectivity index (χ2v) is 9.36. The summed E-state index contributed by atoms with van der Waals surface area (Å²) in [7, 11) is -1.21. The Morgan fingerprint density at radius 3 is 2.73 bits per heavy atom. The molecule has 1 fully saturated rings. The van der Waals surface area contributed by atoms with E-state index in [0.29, 0.717) is 23.9 Å². The summed E-state index contributed by atoms with van der Waals surface area (Å²) in [6.45, 7) is 0.323. The Balaban J connectivity index is 1.52. The summed E-state index contributed by atoms with van der Waals surface area (Å²) in [5.41, 5.74) is 0.813. The third kappa shape index (κ3) is 4.61. The molecule has 0 saturated carbocycles. The quantitative estimate of drug-likeness (QED) is 0.737. The third-order valence-corrected chi connectivity index (χ3v) is 6.99. The van der Waals surface area contributed by atoms with Gasteiger partial charge in [-0.05, 0) is 24.1 Å². The van der Waals surface area contributed by atoms with Gasteiger partial charge in [0.25, 0.3) is 0 Å². The number of hydrogen-bond acceptors (Lipinski definition) is 6. The Labute approximate surface area is 155 Å². The number of carbonyl (C=O) groups excluding carboxylic acids is 1. The van der Waals surface area contributed by atoms with E-state index < -0.39 is 9.84 Å². The summed E-state index contributed by atoms with van der Waals surface area (Å²) in [6.07, 6.45) is 0.553. The van der Waals surface area contributed by atoms with Crippen LogP contribution in [0.4, 0.5) is 4.39 Å². The summed E-state index contributed by atoms with van der Waals surface area (Å²) >= 11 is 1.24. The van der Waals surface area contributed by atoms with E-state index in [1.807, 2.05) is 0 Å². The molecule has 0 radical (unpaired) electrons. The summed E-state index contributed by atoms with van der Waals surface area (Å²) in [5, 5.41) is 11.5. The first-order chi connectivity index (χ1) is 12.3. The topological polar surface area (TPSA) is 93.9 Å². The molecule has 0 unspecified atom stereocenters. The van der Waals surface area contributed by atoms with Gasteiger partial charge in [-0.15, -0.1) is 10.2 Å². The fourth-order valence-electron chi connectivity index (χ4n) is 2.79. The molecule has 3 rings (SSSR count). The Kier molecular flexibility index (Phi) is 5.61. The van der Waals surface area contributed by atoms with Crippen LogP contribution < -0.4 is 5.32 Å². The van der Waals surface area contributed by atoms with Gasteiger partial charge in [-0.25, -0.2) is 12.8 Å². The summed E-state index contributed by atoms with van der Waals surface area (Å²) in [6, 6.07) is 5.93. The molecule has 0 bridgehead atoms. The molecule has 0 spiro atoms. The van der Waals surface area contributed by atoms with E-state index >= 15 is 0 Å². The number of amides is 1. The highest BCUT2D eigenvalue weighted by atomic mass is 32.2. The molecule has 1 aliphatic heterocycles. The highest BCUT2D eigenvalue weighted by Crippen LogP contribution is 2.29. The van der Waals surface area contributed by atoms with Crippen LogP contribution in [0.1, 0.15) is 23.7 Å². The molecule has 1 aromatic heterocycles. The standard InChI is InChI=1S/C16H19FN4O3S2/c1-21-15(12-6-7-26(23,24)10-12)19-20-16(21)25-9-14(22)18-8-11-2-4-13(17)5-3-11/h2-5,12H,6-10H2,1H3,(H,18,22)/t12-/m0/s1. The minimum atomic E-state index is -2.99. The normalized spacial score (nSPS) is 18.8. The molecule has 1 aromatic carbocycles. The van der Waals surface area contributed by atoms with Crippen LogP contribution in [0, 0.1) is 5.82 Å². The molecular weight excluding hydrogens is 379 g/mol. The maximum Gasteiger partial charge on any atom is 0.230 e. The van der Waals surface area contributed by atoms with Crippen LogP contribution in [0.2, 0.25) is 0 Å². The third-order valence-electron chi connectivity index (χ3n) is 4.20. The lowest BCUT2D eigenvalue weighted by molar-refractivity contribution is -0.118. The van der Waals surface area contributed by atoms with Crippen LogP contribution in [-0.2, 0) is 28.2 Å². The number of hydrogen-bond donors (Lipinski definition) is 1. The molecule has 10 heteroatoms. The Morgan fingerprint density at radius 1 is 1.35 bits per heavy atom. The van der Waals surface area contributed by atoms with Crippen molar-refractivity contribution < 1.29 is 17.6 Å². The van der Waals surface area contributed by atoms with Crippen molar-refractivity contribution in [3.63, 3.8) is 0 Å². The molecule has 0 aliphatic carbocycles. The predicted octanol–water partition coefficient (Wildman–Crippen LogP) is 1.26. The number of halogens is 1. The highest BCUT2D eigenvalue weighted by Gasteiger charge is 2.32. The fraction of sp³-hybridized carbons (Fsp3) is 0.438. The lowest BCUT2D eigenvalue weighted by Crippen LogP contribution is -2.24. The number of benzene rings is 1. The van der Waals surface area contributed by atoms with Gasteiger partial charge >= 0.3 is 0 Å². The zero-order valence-corrected chi connectivity index (χ0v) is 15.8. The van der Waals surface area contributed by atoms with Crippen molar-refractivity contribution in [3.05, 3.63) is 41.5 Å². The average molecular weight is 398 g/mol. The van der Waals surface area contributed by atoms with Gasteiger partial charge in [-0.3, -0.25) is 4.79 Å². The SMILES string of the molecule is Cn1c(SCC(=O)NCc2ccc(F)cc2)nnc1[C@H]1CCS(=O)(=O)C1. The first-order valence-electron chi connectivity index (χ1n) is 8.08. The van der Waals surface area contributed by atoms with Crippen LogP contribution in [-0.4, -0.2) is 46.3 Å². The van der Waals surface area contributed by atoms with Crippen molar-refractivity contribution in [3.8, 4) is 0 Å². The monoisotopic (exact) mass is 398 g/mol. The van der Waals surface area contributed by atoms with Crippen LogP contribution in [0.5, 0.6) is 0 Å². The van der Waals surface area contributed by atoms with Crippen molar-refractivity contribution in [2.75, 3.05) is 17.3 Å².